The maximum atomic E-state index is 14.1. The smallest absolute Gasteiger partial charge is 0.475 e. The first kappa shape index (κ1) is 32.5. The van der Waals surface area contributed by atoms with E-state index in [1.54, 1.807) is 12.1 Å². The number of alkyl halides is 3. The van der Waals surface area contributed by atoms with Crippen molar-refractivity contribution in [2.75, 3.05) is 13.1 Å². The molecule has 2 heterocycles. The molecule has 1 aliphatic rings. The van der Waals surface area contributed by atoms with Crippen LogP contribution in [0.3, 0.4) is 0 Å². The second kappa shape index (κ2) is 14.1. The Morgan fingerprint density at radius 1 is 0.822 bits per heavy atom. The van der Waals surface area contributed by atoms with Crippen molar-refractivity contribution >= 4 is 40.1 Å². The van der Waals surface area contributed by atoms with Gasteiger partial charge in [0.25, 0.3) is 0 Å². The van der Waals surface area contributed by atoms with Gasteiger partial charge < -0.3 is 9.67 Å². The maximum absolute atomic E-state index is 14.1. The van der Waals surface area contributed by atoms with E-state index in [0.717, 1.165) is 53.6 Å². The summed E-state index contributed by atoms with van der Waals surface area (Å²) in [6.45, 7) is 3.41. The second-order valence-corrected chi connectivity index (χ2v) is 11.7. The van der Waals surface area contributed by atoms with E-state index >= 15 is 0 Å². The number of carboxylic acid groups (broad SMARTS) is 1. The number of fused-ring (bicyclic) bond motifs is 1. The number of likely N-dealkylation sites (tertiary alicyclic amines) is 1. The monoisotopic (exact) mass is 656 g/mol. The van der Waals surface area contributed by atoms with Gasteiger partial charge in [0.15, 0.2) is 0 Å². The van der Waals surface area contributed by atoms with E-state index in [4.69, 9.17) is 33.1 Å². The molecule has 1 aromatic heterocycles. The highest BCUT2D eigenvalue weighted by molar-refractivity contribution is 6.36. The molecule has 0 aliphatic carbocycles. The van der Waals surface area contributed by atoms with Gasteiger partial charge in [-0.3, -0.25) is 4.90 Å². The molecule has 1 aliphatic heterocycles. The van der Waals surface area contributed by atoms with Gasteiger partial charge in [-0.05, 0) is 84.4 Å². The van der Waals surface area contributed by atoms with E-state index in [9.17, 15) is 17.6 Å². The van der Waals surface area contributed by atoms with Crippen LogP contribution in [-0.2, 0) is 17.9 Å². The van der Waals surface area contributed by atoms with Gasteiger partial charge in [-0.15, -0.1) is 0 Å². The van der Waals surface area contributed by atoms with Crippen LogP contribution >= 0.6 is 23.2 Å². The molecular weight excluding hydrogens is 627 g/mol. The first-order chi connectivity index (χ1) is 21.5. The van der Waals surface area contributed by atoms with Gasteiger partial charge in [0.05, 0.1) is 5.69 Å². The number of halogens is 6. The number of hydrogen-bond donors (Lipinski definition) is 1. The highest BCUT2D eigenvalue weighted by Crippen LogP contribution is 2.40. The van der Waals surface area contributed by atoms with Crippen LogP contribution in [0.2, 0.25) is 10.0 Å². The highest BCUT2D eigenvalue weighted by Gasteiger charge is 2.38. The van der Waals surface area contributed by atoms with Crippen LogP contribution in [-0.4, -0.2) is 39.8 Å². The van der Waals surface area contributed by atoms with Gasteiger partial charge in [-0.2, -0.15) is 13.2 Å². The van der Waals surface area contributed by atoms with Gasteiger partial charge >= 0.3 is 12.1 Å². The molecule has 1 saturated heterocycles. The number of benzene rings is 4. The Balaban J connectivity index is 0.000000515. The standard InChI is InChI=1S/C33H29Cl2FN2.C2HF3O2/c34-29-13-7-14-30(35)32(29)24-16-18-37(19-17-24)22-28-27-12-4-5-15-31(27)38(21-23-8-6-11-26(36)20-23)33(28)25-9-2-1-3-10-25;3-2(4,5)1(6)7/h1-15,20,24H,16-19,21-22H2;(H,6,7). The van der Waals surface area contributed by atoms with Crippen LogP contribution in [0, 0.1) is 5.82 Å². The summed E-state index contributed by atoms with van der Waals surface area (Å²) in [7, 11) is 0. The predicted molar refractivity (Wildman–Crippen MR) is 170 cm³/mol. The number of hydrogen-bond acceptors (Lipinski definition) is 2. The number of nitrogens with zero attached hydrogens (tertiary/aromatic N) is 2. The molecule has 0 unspecified atom stereocenters. The summed E-state index contributed by atoms with van der Waals surface area (Å²) in [5.74, 6) is -2.59. The number of aliphatic carboxylic acids is 1. The summed E-state index contributed by atoms with van der Waals surface area (Å²) < 4.78 is 48.2. The van der Waals surface area contributed by atoms with E-state index in [2.05, 4.69) is 58.0 Å². The minimum absolute atomic E-state index is 0.207. The molecule has 1 N–H and O–H groups in total. The summed E-state index contributed by atoms with van der Waals surface area (Å²) in [6.07, 6.45) is -3.04. The van der Waals surface area contributed by atoms with Gasteiger partial charge in [-0.1, -0.05) is 89.9 Å². The zero-order valence-corrected chi connectivity index (χ0v) is 25.6. The molecule has 0 amide bonds. The van der Waals surface area contributed by atoms with Crippen LogP contribution in [0.4, 0.5) is 17.6 Å². The molecule has 4 nitrogen and oxygen atoms in total. The molecule has 0 bridgehead atoms. The van der Waals surface area contributed by atoms with E-state index in [-0.39, 0.29) is 5.82 Å². The zero-order valence-electron chi connectivity index (χ0n) is 24.1. The van der Waals surface area contributed by atoms with Crippen LogP contribution in [0.5, 0.6) is 0 Å². The first-order valence-corrected chi connectivity index (χ1v) is 15.1. The zero-order chi connectivity index (χ0) is 32.1. The fourth-order valence-electron chi connectivity index (χ4n) is 5.95. The number of para-hydroxylation sites is 1. The number of carboxylic acids is 1. The summed E-state index contributed by atoms with van der Waals surface area (Å²) >= 11 is 13.1. The third-order valence-electron chi connectivity index (χ3n) is 7.97. The SMILES string of the molecule is Fc1cccc(Cn2c(-c3ccccc3)c(CN3CCC(c4c(Cl)cccc4Cl)CC3)c3ccccc32)c1.O=C(O)C(F)(F)F. The molecule has 5 aromatic rings. The fourth-order valence-corrected chi connectivity index (χ4v) is 6.65. The van der Waals surface area contributed by atoms with E-state index < -0.39 is 12.1 Å². The van der Waals surface area contributed by atoms with Crippen molar-refractivity contribution in [1.29, 1.82) is 0 Å². The molecule has 0 saturated carbocycles. The molecule has 0 radical (unpaired) electrons. The Morgan fingerprint density at radius 3 is 2.04 bits per heavy atom. The molecule has 10 heteroatoms. The fraction of sp³-hybridized carbons (Fsp3) is 0.229. The van der Waals surface area contributed by atoms with E-state index in [1.807, 2.05) is 30.3 Å². The first-order valence-electron chi connectivity index (χ1n) is 14.4. The van der Waals surface area contributed by atoms with Crippen LogP contribution in [0.15, 0.2) is 97.1 Å². The van der Waals surface area contributed by atoms with Gasteiger partial charge in [0, 0.05) is 34.0 Å². The number of carbonyl (C=O) groups is 1. The van der Waals surface area contributed by atoms with Gasteiger partial charge in [-0.25, -0.2) is 9.18 Å². The Labute approximate surface area is 268 Å². The van der Waals surface area contributed by atoms with Crippen molar-refractivity contribution < 1.29 is 27.5 Å². The average Bonchev–Trinajstić information content (AvgIpc) is 3.31. The molecular formula is C35H30Cl2F4N2O2. The van der Waals surface area contributed by atoms with Gasteiger partial charge in [0.2, 0.25) is 0 Å². The highest BCUT2D eigenvalue weighted by atomic mass is 35.5. The number of rotatable bonds is 6. The predicted octanol–water partition coefficient (Wildman–Crippen LogP) is 9.82. The minimum atomic E-state index is -5.08. The Kier molecular flexibility index (Phi) is 10.2. The Hall–Kier alpha value is -3.85. The maximum Gasteiger partial charge on any atom is 0.490 e. The topological polar surface area (TPSA) is 45.5 Å². The quantitative estimate of drug-likeness (QED) is 0.185. The Bertz CT molecular complexity index is 1760. The lowest BCUT2D eigenvalue weighted by atomic mass is 9.89. The molecule has 0 atom stereocenters. The van der Waals surface area contributed by atoms with Crippen molar-refractivity contribution in [3.63, 3.8) is 0 Å². The van der Waals surface area contributed by atoms with Crippen LogP contribution < -0.4 is 0 Å². The third kappa shape index (κ3) is 7.69. The molecule has 6 rings (SSSR count). The van der Waals surface area contributed by atoms with E-state index in [1.165, 1.54) is 33.8 Å². The largest absolute Gasteiger partial charge is 0.490 e. The van der Waals surface area contributed by atoms with Crippen LogP contribution in [0.25, 0.3) is 22.2 Å². The minimum Gasteiger partial charge on any atom is -0.475 e. The summed E-state index contributed by atoms with van der Waals surface area (Å²) in [5.41, 5.74) is 6.90. The molecule has 0 spiro atoms. The normalized spacial score (nSPS) is 14.3. The van der Waals surface area contributed by atoms with E-state index in [0.29, 0.717) is 12.5 Å². The average molecular weight is 658 g/mol. The summed E-state index contributed by atoms with van der Waals surface area (Å²) in [5, 5.41) is 9.91. The lowest BCUT2D eigenvalue weighted by Crippen LogP contribution is -2.32. The Morgan fingerprint density at radius 2 is 1.42 bits per heavy atom. The van der Waals surface area contributed by atoms with Crippen molar-refractivity contribution in [1.82, 2.24) is 9.47 Å². The summed E-state index contributed by atoms with van der Waals surface area (Å²) in [6, 6.07) is 31.9. The molecule has 1 fully saturated rings. The van der Waals surface area contributed by atoms with Crippen molar-refractivity contribution in [3.8, 4) is 11.3 Å². The number of aromatic nitrogens is 1. The lowest BCUT2D eigenvalue weighted by Gasteiger charge is -2.33. The number of piperidine rings is 1. The second-order valence-electron chi connectivity index (χ2n) is 10.9. The molecule has 4 aromatic carbocycles. The molecule has 45 heavy (non-hydrogen) atoms. The van der Waals surface area contributed by atoms with Crippen molar-refractivity contribution in [3.05, 3.63) is 130 Å². The summed E-state index contributed by atoms with van der Waals surface area (Å²) in [4.78, 5) is 11.4. The lowest BCUT2D eigenvalue weighted by molar-refractivity contribution is -0.192. The van der Waals surface area contributed by atoms with Crippen LogP contribution in [0.1, 0.15) is 35.4 Å². The van der Waals surface area contributed by atoms with Crippen molar-refractivity contribution in [2.45, 2.75) is 38.0 Å². The van der Waals surface area contributed by atoms with Gasteiger partial charge in [0.1, 0.15) is 5.82 Å². The third-order valence-corrected chi connectivity index (χ3v) is 8.63. The van der Waals surface area contributed by atoms with Crippen molar-refractivity contribution in [2.24, 2.45) is 0 Å². The molecule has 234 valence electrons.